The Kier molecular flexibility index (Phi) is 22.7. The number of hydrogen-bond donors (Lipinski definition) is 6. The van der Waals surface area contributed by atoms with Crippen LogP contribution in [-0.2, 0) is 14.3 Å². The van der Waals surface area contributed by atoms with Crippen LogP contribution in [0.5, 0.6) is 0 Å². The van der Waals surface area contributed by atoms with Crippen LogP contribution in [0.4, 0.5) is 0 Å². The molecule has 6 N–H and O–H groups in total. The lowest BCUT2D eigenvalue weighted by atomic mass is 9.99. The number of aliphatic hydroxyl groups is 5. The molecule has 1 aliphatic heterocycles. The number of amides is 1. The van der Waals surface area contributed by atoms with Gasteiger partial charge in [-0.3, -0.25) is 4.79 Å². The number of hydrogen-bond acceptors (Lipinski definition) is 8. The molecule has 0 bridgehead atoms. The van der Waals surface area contributed by atoms with Gasteiger partial charge >= 0.3 is 0 Å². The molecule has 42 heavy (non-hydrogen) atoms. The van der Waals surface area contributed by atoms with E-state index in [1.54, 1.807) is 6.08 Å². The highest BCUT2D eigenvalue weighted by Gasteiger charge is 2.44. The quantitative estimate of drug-likeness (QED) is 0.0716. The Balaban J connectivity index is 2.49. The summed E-state index contributed by atoms with van der Waals surface area (Å²) in [6, 6.07) is -0.805. The third kappa shape index (κ3) is 16.9. The number of carbonyl (C=O) groups excluding carboxylic acids is 1. The van der Waals surface area contributed by atoms with E-state index < -0.39 is 49.5 Å². The highest BCUT2D eigenvalue weighted by atomic mass is 16.7. The van der Waals surface area contributed by atoms with Gasteiger partial charge in [-0.2, -0.15) is 0 Å². The third-order valence-corrected chi connectivity index (χ3v) is 7.44. The van der Waals surface area contributed by atoms with Crippen LogP contribution in [0.3, 0.4) is 0 Å². The molecular weight excluding hydrogens is 538 g/mol. The first-order valence-corrected chi connectivity index (χ1v) is 16.2. The highest BCUT2D eigenvalue weighted by Crippen LogP contribution is 2.22. The lowest BCUT2D eigenvalue weighted by Crippen LogP contribution is -2.60. The average molecular weight is 598 g/mol. The van der Waals surface area contributed by atoms with Crippen molar-refractivity contribution in [3.05, 3.63) is 36.5 Å². The van der Waals surface area contributed by atoms with Gasteiger partial charge in [0.15, 0.2) is 6.29 Å². The molecule has 9 nitrogen and oxygen atoms in total. The summed E-state index contributed by atoms with van der Waals surface area (Å²) < 4.78 is 11.0. The molecule has 0 aliphatic carbocycles. The number of nitrogens with one attached hydrogen (secondary N) is 1. The van der Waals surface area contributed by atoms with Crippen LogP contribution in [0.25, 0.3) is 0 Å². The van der Waals surface area contributed by atoms with Crippen LogP contribution in [0, 0.1) is 0 Å². The summed E-state index contributed by atoms with van der Waals surface area (Å²) in [7, 11) is 0. The zero-order valence-electron chi connectivity index (χ0n) is 26.0. The Labute approximate surface area is 253 Å². The minimum atomic E-state index is -1.56. The van der Waals surface area contributed by atoms with E-state index in [1.165, 1.54) is 6.42 Å². The van der Waals surface area contributed by atoms with Crippen LogP contribution < -0.4 is 5.32 Å². The number of rotatable bonds is 24. The first-order valence-electron chi connectivity index (χ1n) is 16.2. The fourth-order valence-corrected chi connectivity index (χ4v) is 4.72. The lowest BCUT2D eigenvalue weighted by Gasteiger charge is -2.40. The van der Waals surface area contributed by atoms with Gasteiger partial charge in [-0.1, -0.05) is 95.2 Å². The fraction of sp³-hybridized carbons (Fsp3) is 0.788. The second-order valence-corrected chi connectivity index (χ2v) is 11.2. The maximum Gasteiger partial charge on any atom is 0.220 e. The van der Waals surface area contributed by atoms with Crippen molar-refractivity contribution in [1.29, 1.82) is 0 Å². The van der Waals surface area contributed by atoms with E-state index in [9.17, 15) is 30.3 Å². The van der Waals surface area contributed by atoms with Crippen molar-refractivity contribution < 1.29 is 39.8 Å². The van der Waals surface area contributed by atoms with Crippen molar-refractivity contribution in [1.82, 2.24) is 5.32 Å². The molecule has 0 aromatic rings. The van der Waals surface area contributed by atoms with Crippen LogP contribution in [0.15, 0.2) is 36.5 Å². The smallest absolute Gasteiger partial charge is 0.220 e. The van der Waals surface area contributed by atoms with Crippen molar-refractivity contribution in [2.75, 3.05) is 13.2 Å². The highest BCUT2D eigenvalue weighted by molar-refractivity contribution is 5.76. The van der Waals surface area contributed by atoms with Crippen molar-refractivity contribution in [2.24, 2.45) is 0 Å². The lowest BCUT2D eigenvalue weighted by molar-refractivity contribution is -0.302. The van der Waals surface area contributed by atoms with E-state index in [0.717, 1.165) is 83.5 Å². The second-order valence-electron chi connectivity index (χ2n) is 11.2. The zero-order chi connectivity index (χ0) is 31.0. The van der Waals surface area contributed by atoms with E-state index in [-0.39, 0.29) is 12.5 Å². The Morgan fingerprint density at radius 1 is 0.810 bits per heavy atom. The molecule has 7 unspecified atom stereocenters. The molecule has 1 amide bonds. The molecule has 1 fully saturated rings. The van der Waals surface area contributed by atoms with Gasteiger partial charge in [-0.25, -0.2) is 0 Å². The molecule has 0 radical (unpaired) electrons. The van der Waals surface area contributed by atoms with Gasteiger partial charge in [0.05, 0.1) is 25.4 Å². The van der Waals surface area contributed by atoms with Gasteiger partial charge in [0.2, 0.25) is 5.91 Å². The van der Waals surface area contributed by atoms with Gasteiger partial charge < -0.3 is 40.3 Å². The van der Waals surface area contributed by atoms with Gasteiger partial charge in [0.1, 0.15) is 24.4 Å². The van der Waals surface area contributed by atoms with Crippen molar-refractivity contribution in [3.8, 4) is 0 Å². The van der Waals surface area contributed by atoms with E-state index >= 15 is 0 Å². The molecule has 9 heteroatoms. The number of aliphatic hydroxyl groups excluding tert-OH is 5. The number of carbonyl (C=O) groups is 1. The summed E-state index contributed by atoms with van der Waals surface area (Å²) in [5.41, 5.74) is 0. The standard InChI is InChI=1S/C33H59NO8/c1-3-5-7-9-11-12-13-14-15-16-17-19-21-23-29(37)34-26(27(36)22-20-18-10-8-6-4-2)25-41-33-32(40)31(39)30(38)28(24-35)42-33/h7,9,12-13,20,22,26-28,30-33,35-36,38-40H,3-6,8,10-11,14-19,21,23-25H2,1-2H3,(H,34,37)/b9-7-,13-12-,22-20+. The second kappa shape index (κ2) is 24.8. The Hall–Kier alpha value is -1.59. The predicted molar refractivity (Wildman–Crippen MR) is 166 cm³/mol. The largest absolute Gasteiger partial charge is 0.394 e. The molecule has 7 atom stereocenters. The molecule has 1 rings (SSSR count). The summed E-state index contributed by atoms with van der Waals surface area (Å²) >= 11 is 0. The fourth-order valence-electron chi connectivity index (χ4n) is 4.72. The summed E-state index contributed by atoms with van der Waals surface area (Å²) in [4.78, 5) is 12.7. The zero-order valence-corrected chi connectivity index (χ0v) is 26.0. The molecule has 0 spiro atoms. The van der Waals surface area contributed by atoms with Crippen molar-refractivity contribution in [3.63, 3.8) is 0 Å². The maximum absolute atomic E-state index is 12.7. The van der Waals surface area contributed by atoms with Gasteiger partial charge in [-0.05, 0) is 44.9 Å². The minimum absolute atomic E-state index is 0.197. The summed E-state index contributed by atoms with van der Waals surface area (Å²) in [5.74, 6) is -0.202. The summed E-state index contributed by atoms with van der Waals surface area (Å²) in [6.45, 7) is 3.56. The van der Waals surface area contributed by atoms with Crippen LogP contribution >= 0.6 is 0 Å². The van der Waals surface area contributed by atoms with Crippen LogP contribution in [0.2, 0.25) is 0 Å². The SMILES string of the molecule is CCC/C=C\C/C=C\CCCCCCCC(=O)NC(COC1OC(CO)C(O)C(O)C1O)C(O)/C=C/CCCCCC. The van der Waals surface area contributed by atoms with Crippen LogP contribution in [-0.4, -0.2) is 87.5 Å². The minimum Gasteiger partial charge on any atom is -0.394 e. The van der Waals surface area contributed by atoms with E-state index in [1.807, 2.05) is 6.08 Å². The molecule has 1 aliphatic rings. The first kappa shape index (κ1) is 38.4. The summed E-state index contributed by atoms with van der Waals surface area (Å²) in [5, 5.41) is 53.4. The number of ether oxygens (including phenoxy) is 2. The molecule has 244 valence electrons. The topological polar surface area (TPSA) is 149 Å². The Morgan fingerprint density at radius 2 is 1.45 bits per heavy atom. The molecule has 1 heterocycles. The third-order valence-electron chi connectivity index (χ3n) is 7.44. The van der Waals surface area contributed by atoms with Gasteiger partial charge in [0.25, 0.3) is 0 Å². The monoisotopic (exact) mass is 597 g/mol. The van der Waals surface area contributed by atoms with Crippen molar-refractivity contribution >= 4 is 5.91 Å². The van der Waals surface area contributed by atoms with Crippen molar-refractivity contribution in [2.45, 2.75) is 153 Å². The number of unbranched alkanes of at least 4 members (excludes halogenated alkanes) is 10. The normalized spacial score (nSPS) is 24.6. The predicted octanol–water partition coefficient (Wildman–Crippen LogP) is 4.21. The Bertz CT molecular complexity index is 756. The number of allylic oxidation sites excluding steroid dienone is 5. The van der Waals surface area contributed by atoms with E-state index in [0.29, 0.717) is 6.42 Å². The molecule has 0 saturated carbocycles. The Morgan fingerprint density at radius 3 is 2.14 bits per heavy atom. The summed E-state index contributed by atoms with van der Waals surface area (Å²) in [6.07, 6.45) is 19.3. The van der Waals surface area contributed by atoms with E-state index in [4.69, 9.17) is 9.47 Å². The molecule has 1 saturated heterocycles. The maximum atomic E-state index is 12.7. The van der Waals surface area contributed by atoms with E-state index in [2.05, 4.69) is 43.5 Å². The molecule has 0 aromatic heterocycles. The molecule has 0 aromatic carbocycles. The molecular formula is C33H59NO8. The van der Waals surface area contributed by atoms with Gasteiger partial charge in [-0.15, -0.1) is 0 Å². The first-order chi connectivity index (χ1) is 20.3. The van der Waals surface area contributed by atoms with Crippen LogP contribution in [0.1, 0.15) is 110 Å². The van der Waals surface area contributed by atoms with Gasteiger partial charge in [0, 0.05) is 6.42 Å². The average Bonchev–Trinajstić information content (AvgIpc) is 2.98.